The van der Waals surface area contributed by atoms with Gasteiger partial charge in [0.15, 0.2) is 0 Å². The highest BCUT2D eigenvalue weighted by atomic mass is 19.3. The van der Waals surface area contributed by atoms with Crippen molar-refractivity contribution >= 4 is 5.91 Å². The van der Waals surface area contributed by atoms with Gasteiger partial charge in [-0.25, -0.2) is 8.78 Å². The van der Waals surface area contributed by atoms with Crippen LogP contribution in [0.3, 0.4) is 0 Å². The number of carbonyl (C=O) groups is 1. The molecule has 1 amide bonds. The summed E-state index contributed by atoms with van der Waals surface area (Å²) in [5.74, 6) is -1.33. The van der Waals surface area contributed by atoms with Gasteiger partial charge in [0, 0.05) is 44.3 Å². The quantitative estimate of drug-likeness (QED) is 0.592. The molecule has 6 heteroatoms. The van der Waals surface area contributed by atoms with Crippen LogP contribution >= 0.6 is 0 Å². The number of alkyl halides is 2. The molecule has 4 nitrogen and oxygen atoms in total. The van der Waals surface area contributed by atoms with E-state index in [-0.39, 0.29) is 36.6 Å². The highest BCUT2D eigenvalue weighted by molar-refractivity contribution is 5.81. The van der Waals surface area contributed by atoms with Crippen molar-refractivity contribution in [3.05, 3.63) is 64.7 Å². The number of carbonyl (C=O) groups excluding carboxylic acids is 1. The second-order valence-electron chi connectivity index (χ2n) is 10.1. The molecule has 0 bridgehead atoms. The third kappa shape index (κ3) is 5.55. The summed E-state index contributed by atoms with van der Waals surface area (Å²) in [6.45, 7) is 5.16. The van der Waals surface area contributed by atoms with E-state index in [1.165, 1.54) is 16.7 Å². The van der Waals surface area contributed by atoms with Crippen LogP contribution in [0.25, 0.3) is 0 Å². The maximum absolute atomic E-state index is 13.0. The summed E-state index contributed by atoms with van der Waals surface area (Å²) >= 11 is 0. The summed E-state index contributed by atoms with van der Waals surface area (Å²) in [4.78, 5) is 14.4. The first-order valence-electron chi connectivity index (χ1n) is 12.1. The maximum atomic E-state index is 13.0. The number of ether oxygens (including phenoxy) is 1. The monoisotopic (exact) mass is 454 g/mol. The van der Waals surface area contributed by atoms with Gasteiger partial charge in [-0.05, 0) is 60.6 Å². The molecule has 1 heterocycles. The van der Waals surface area contributed by atoms with Crippen LogP contribution in [0.2, 0.25) is 0 Å². The van der Waals surface area contributed by atoms with Gasteiger partial charge in [0.1, 0.15) is 5.75 Å². The molecule has 0 spiro atoms. The second kappa shape index (κ2) is 9.05. The number of rotatable bonds is 8. The zero-order valence-corrected chi connectivity index (χ0v) is 19.2. The number of benzene rings is 2. The molecule has 2 saturated carbocycles. The summed E-state index contributed by atoms with van der Waals surface area (Å²) in [6, 6.07) is 14.7. The molecule has 2 aromatic carbocycles. The number of nitrogens with one attached hydrogen (secondary N) is 1. The zero-order chi connectivity index (χ0) is 23.0. The average Bonchev–Trinajstić information content (AvgIpc) is 3.62. The molecular formula is C27H32F2N2O2. The van der Waals surface area contributed by atoms with Gasteiger partial charge in [0.2, 0.25) is 11.8 Å². The second-order valence-corrected chi connectivity index (χ2v) is 10.1. The third-order valence-corrected chi connectivity index (χ3v) is 7.12. The topological polar surface area (TPSA) is 41.6 Å². The first-order valence-corrected chi connectivity index (χ1v) is 12.1. The van der Waals surface area contributed by atoms with Crippen molar-refractivity contribution in [2.75, 3.05) is 13.2 Å². The SMILES string of the molecule is C[C@H](NC(=O)C1CC1)c1ccc(CN2CCc3cc(OCC4CC(F)(F)C4)ccc3C2)cc1. The van der Waals surface area contributed by atoms with E-state index in [2.05, 4.69) is 46.6 Å². The Kier molecular flexibility index (Phi) is 6.12. The van der Waals surface area contributed by atoms with E-state index in [0.29, 0.717) is 6.61 Å². The predicted octanol–water partition coefficient (Wildman–Crippen LogP) is 5.26. The summed E-state index contributed by atoms with van der Waals surface area (Å²) in [5.41, 5.74) is 4.99. The van der Waals surface area contributed by atoms with Gasteiger partial charge in [0.25, 0.3) is 0 Å². The lowest BCUT2D eigenvalue weighted by Crippen LogP contribution is -2.38. The Hall–Kier alpha value is -2.47. The Morgan fingerprint density at radius 2 is 1.91 bits per heavy atom. The fraction of sp³-hybridized carbons (Fsp3) is 0.519. The zero-order valence-electron chi connectivity index (χ0n) is 19.2. The fourth-order valence-electron chi connectivity index (χ4n) is 4.86. The van der Waals surface area contributed by atoms with Gasteiger partial charge in [0.05, 0.1) is 12.6 Å². The van der Waals surface area contributed by atoms with Crippen molar-refractivity contribution in [1.82, 2.24) is 10.2 Å². The molecule has 0 unspecified atom stereocenters. The Morgan fingerprint density at radius 3 is 2.61 bits per heavy atom. The predicted molar refractivity (Wildman–Crippen MR) is 123 cm³/mol. The van der Waals surface area contributed by atoms with E-state index in [1.807, 2.05) is 13.0 Å². The van der Waals surface area contributed by atoms with E-state index in [0.717, 1.165) is 50.2 Å². The Balaban J connectivity index is 1.11. The molecule has 176 valence electrons. The molecular weight excluding hydrogens is 422 g/mol. The molecule has 1 N–H and O–H groups in total. The normalized spacial score (nSPS) is 21.1. The smallest absolute Gasteiger partial charge is 0.248 e. The first-order chi connectivity index (χ1) is 15.8. The van der Waals surface area contributed by atoms with Crippen molar-refractivity contribution in [3.8, 4) is 5.75 Å². The van der Waals surface area contributed by atoms with Crippen molar-refractivity contribution in [1.29, 1.82) is 0 Å². The van der Waals surface area contributed by atoms with Gasteiger partial charge in [-0.1, -0.05) is 30.3 Å². The fourth-order valence-corrected chi connectivity index (χ4v) is 4.86. The standard InChI is InChI=1S/C27H32F2N2O2/c1-18(30-26(32)22-6-7-22)21-4-2-19(3-5-21)15-31-11-10-23-12-25(9-8-24(23)16-31)33-17-20-13-27(28,29)14-20/h2-5,8-9,12,18,20,22H,6-7,10-11,13-17H2,1H3,(H,30,32)/t18-/m0/s1. The van der Waals surface area contributed by atoms with Crippen molar-refractivity contribution in [2.24, 2.45) is 11.8 Å². The van der Waals surface area contributed by atoms with Gasteiger partial charge < -0.3 is 10.1 Å². The molecule has 2 aliphatic carbocycles. The first kappa shape index (κ1) is 22.3. The number of halogens is 2. The van der Waals surface area contributed by atoms with Crippen LogP contribution in [0.4, 0.5) is 8.78 Å². The molecule has 33 heavy (non-hydrogen) atoms. The lowest BCUT2D eigenvalue weighted by molar-refractivity contribution is -0.123. The number of nitrogens with zero attached hydrogens (tertiary/aromatic N) is 1. The average molecular weight is 455 g/mol. The number of amides is 1. The lowest BCUT2D eigenvalue weighted by Gasteiger charge is -2.34. The summed E-state index contributed by atoms with van der Waals surface area (Å²) in [6.07, 6.45) is 2.89. The van der Waals surface area contributed by atoms with Crippen LogP contribution in [-0.4, -0.2) is 29.9 Å². The van der Waals surface area contributed by atoms with E-state index in [9.17, 15) is 13.6 Å². The minimum atomic E-state index is -2.49. The Bertz CT molecular complexity index is 996. The van der Waals surface area contributed by atoms with Crippen molar-refractivity contribution < 1.29 is 18.3 Å². The van der Waals surface area contributed by atoms with Crippen LogP contribution < -0.4 is 10.1 Å². The molecule has 2 aromatic rings. The number of hydrogen-bond acceptors (Lipinski definition) is 3. The molecule has 1 aliphatic heterocycles. The molecule has 0 saturated heterocycles. The molecule has 0 aromatic heterocycles. The van der Waals surface area contributed by atoms with Crippen molar-refractivity contribution in [2.45, 2.75) is 64.1 Å². The molecule has 0 radical (unpaired) electrons. The highest BCUT2D eigenvalue weighted by Gasteiger charge is 2.45. The van der Waals surface area contributed by atoms with Gasteiger partial charge in [-0.3, -0.25) is 9.69 Å². The van der Waals surface area contributed by atoms with E-state index in [4.69, 9.17) is 4.74 Å². The van der Waals surface area contributed by atoms with Crippen molar-refractivity contribution in [3.63, 3.8) is 0 Å². The largest absolute Gasteiger partial charge is 0.493 e. The van der Waals surface area contributed by atoms with Crippen LogP contribution in [0.5, 0.6) is 5.75 Å². The van der Waals surface area contributed by atoms with Crippen LogP contribution in [-0.2, 0) is 24.3 Å². The van der Waals surface area contributed by atoms with Gasteiger partial charge >= 0.3 is 0 Å². The minimum absolute atomic E-state index is 0.0321. The van der Waals surface area contributed by atoms with Crippen LogP contribution in [0, 0.1) is 11.8 Å². The molecule has 3 aliphatic rings. The Labute approximate surface area is 194 Å². The third-order valence-electron chi connectivity index (χ3n) is 7.12. The minimum Gasteiger partial charge on any atom is -0.493 e. The molecule has 5 rings (SSSR count). The summed E-state index contributed by atoms with van der Waals surface area (Å²) in [7, 11) is 0. The summed E-state index contributed by atoms with van der Waals surface area (Å²) in [5, 5.41) is 3.11. The van der Waals surface area contributed by atoms with Crippen LogP contribution in [0.1, 0.15) is 60.9 Å². The van der Waals surface area contributed by atoms with Gasteiger partial charge in [-0.15, -0.1) is 0 Å². The maximum Gasteiger partial charge on any atom is 0.248 e. The molecule has 1 atom stereocenters. The molecule has 2 fully saturated rings. The highest BCUT2D eigenvalue weighted by Crippen LogP contribution is 2.42. The Morgan fingerprint density at radius 1 is 1.15 bits per heavy atom. The lowest BCUT2D eigenvalue weighted by atomic mass is 9.82. The van der Waals surface area contributed by atoms with E-state index < -0.39 is 5.92 Å². The van der Waals surface area contributed by atoms with E-state index >= 15 is 0 Å². The van der Waals surface area contributed by atoms with Crippen LogP contribution in [0.15, 0.2) is 42.5 Å². The van der Waals surface area contributed by atoms with Gasteiger partial charge in [-0.2, -0.15) is 0 Å². The number of hydrogen-bond donors (Lipinski definition) is 1. The number of fused-ring (bicyclic) bond motifs is 1. The van der Waals surface area contributed by atoms with E-state index in [1.54, 1.807) is 0 Å². The summed E-state index contributed by atoms with van der Waals surface area (Å²) < 4.78 is 31.8.